The summed E-state index contributed by atoms with van der Waals surface area (Å²) in [5.74, 6) is -0.919. The summed E-state index contributed by atoms with van der Waals surface area (Å²) in [4.78, 5) is 23.9. The Morgan fingerprint density at radius 1 is 1.06 bits per heavy atom. The van der Waals surface area contributed by atoms with Crippen LogP contribution in [0.25, 0.3) is 0 Å². The molecule has 1 atom stereocenters. The highest BCUT2D eigenvalue weighted by Crippen LogP contribution is 2.30. The first-order valence-corrected chi connectivity index (χ1v) is 6.18. The predicted octanol–water partition coefficient (Wildman–Crippen LogP) is 0.766. The Hall–Kier alpha value is -1.10. The first kappa shape index (κ1) is 16.9. The van der Waals surface area contributed by atoms with Gasteiger partial charge in [-0.25, -0.2) is 0 Å². The average Bonchev–Trinajstić information content (AvgIpc) is 2.14. The van der Waals surface area contributed by atoms with Gasteiger partial charge in [-0.2, -0.15) is 0 Å². The first-order chi connectivity index (χ1) is 7.76. The van der Waals surface area contributed by atoms with Crippen LogP contribution in [0.2, 0.25) is 0 Å². The van der Waals surface area contributed by atoms with Crippen LogP contribution in [0.5, 0.6) is 0 Å². The molecule has 0 fully saturated rings. The lowest BCUT2D eigenvalue weighted by Gasteiger charge is -2.41. The third-order valence-corrected chi connectivity index (χ3v) is 4.22. The minimum Gasteiger partial charge on any atom is -0.368 e. The zero-order valence-corrected chi connectivity index (χ0v) is 12.5. The highest BCUT2D eigenvalue weighted by molar-refractivity contribution is 5.92. The maximum atomic E-state index is 12.3. The van der Waals surface area contributed by atoms with Gasteiger partial charge in [0.05, 0.1) is 5.41 Å². The second-order valence-corrected chi connectivity index (χ2v) is 6.52. The molecule has 0 aliphatic heterocycles. The third-order valence-electron chi connectivity index (χ3n) is 4.22. The van der Waals surface area contributed by atoms with E-state index in [1.165, 1.54) is 0 Å². The van der Waals surface area contributed by atoms with Crippen molar-refractivity contribution in [1.29, 1.82) is 0 Å². The zero-order valence-electron chi connectivity index (χ0n) is 12.5. The van der Waals surface area contributed by atoms with Crippen molar-refractivity contribution in [1.82, 2.24) is 5.32 Å². The lowest BCUT2D eigenvalue weighted by molar-refractivity contribution is -0.139. The van der Waals surface area contributed by atoms with E-state index in [2.05, 4.69) is 5.32 Å². The minimum absolute atomic E-state index is 0.101. The fourth-order valence-electron chi connectivity index (χ4n) is 1.18. The van der Waals surface area contributed by atoms with Crippen molar-refractivity contribution >= 4 is 11.8 Å². The molecule has 0 heterocycles. The lowest BCUT2D eigenvalue weighted by atomic mass is 9.73. The number of primary amides is 1. The number of carbonyl (C=O) groups is 2. The highest BCUT2D eigenvalue weighted by atomic mass is 16.2. The largest absolute Gasteiger partial charge is 0.368 e. The van der Waals surface area contributed by atoms with E-state index in [4.69, 9.17) is 11.5 Å². The number of nitrogens with one attached hydrogen (secondary N) is 1. The average molecular weight is 257 g/mol. The van der Waals surface area contributed by atoms with Gasteiger partial charge in [0.2, 0.25) is 11.8 Å². The number of nitrogens with two attached hydrogens (primary N) is 2. The SMILES string of the molecule is CC(C)C(C)(NC(=O)C(C)(C)C(C)(C)N)C(N)=O. The van der Waals surface area contributed by atoms with Crippen molar-refractivity contribution in [2.75, 3.05) is 0 Å². The Bertz CT molecular complexity index is 343. The van der Waals surface area contributed by atoms with E-state index in [9.17, 15) is 9.59 Å². The number of carbonyl (C=O) groups excluding carboxylic acids is 2. The summed E-state index contributed by atoms with van der Waals surface area (Å²) in [6, 6.07) is 0. The molecule has 18 heavy (non-hydrogen) atoms. The van der Waals surface area contributed by atoms with Gasteiger partial charge in [0.1, 0.15) is 5.54 Å². The second kappa shape index (κ2) is 4.88. The highest BCUT2D eigenvalue weighted by Gasteiger charge is 2.45. The molecule has 5 N–H and O–H groups in total. The fourth-order valence-corrected chi connectivity index (χ4v) is 1.18. The van der Waals surface area contributed by atoms with E-state index in [1.54, 1.807) is 34.6 Å². The van der Waals surface area contributed by atoms with Crippen LogP contribution in [0.4, 0.5) is 0 Å². The Morgan fingerprint density at radius 3 is 1.67 bits per heavy atom. The molecule has 0 aromatic heterocycles. The minimum atomic E-state index is -1.07. The van der Waals surface area contributed by atoms with Crippen LogP contribution >= 0.6 is 0 Å². The summed E-state index contributed by atoms with van der Waals surface area (Å²) in [6.45, 7) is 12.4. The quantitative estimate of drug-likeness (QED) is 0.678. The van der Waals surface area contributed by atoms with E-state index in [0.29, 0.717) is 0 Å². The molecule has 0 rings (SSSR count). The molecular weight excluding hydrogens is 230 g/mol. The Morgan fingerprint density at radius 2 is 1.44 bits per heavy atom. The molecule has 2 amide bonds. The summed E-state index contributed by atoms with van der Waals surface area (Å²) in [7, 11) is 0. The molecule has 0 aliphatic carbocycles. The van der Waals surface area contributed by atoms with Crippen molar-refractivity contribution in [2.24, 2.45) is 22.8 Å². The molecule has 0 aromatic carbocycles. The number of rotatable bonds is 5. The van der Waals surface area contributed by atoms with Gasteiger partial charge in [-0.05, 0) is 40.5 Å². The topological polar surface area (TPSA) is 98.2 Å². The van der Waals surface area contributed by atoms with Gasteiger partial charge in [0.25, 0.3) is 0 Å². The molecule has 0 aliphatic rings. The molecule has 106 valence electrons. The predicted molar refractivity (Wildman–Crippen MR) is 72.6 cm³/mol. The van der Waals surface area contributed by atoms with E-state index in [-0.39, 0.29) is 11.8 Å². The van der Waals surface area contributed by atoms with Crippen LogP contribution in [-0.2, 0) is 9.59 Å². The normalized spacial score (nSPS) is 16.3. The maximum absolute atomic E-state index is 12.3. The van der Waals surface area contributed by atoms with Crippen LogP contribution < -0.4 is 16.8 Å². The Balaban J connectivity index is 5.23. The second-order valence-electron chi connectivity index (χ2n) is 6.52. The molecule has 5 heteroatoms. The van der Waals surface area contributed by atoms with E-state index >= 15 is 0 Å². The number of hydrogen-bond donors (Lipinski definition) is 3. The molecule has 0 aromatic rings. The van der Waals surface area contributed by atoms with Gasteiger partial charge >= 0.3 is 0 Å². The van der Waals surface area contributed by atoms with Crippen molar-refractivity contribution in [3.05, 3.63) is 0 Å². The molecule has 0 bridgehead atoms. The fraction of sp³-hybridized carbons (Fsp3) is 0.846. The summed E-state index contributed by atoms with van der Waals surface area (Å²) >= 11 is 0. The Labute approximate surface area is 110 Å². The van der Waals surface area contributed by atoms with Crippen molar-refractivity contribution in [2.45, 2.75) is 59.5 Å². The molecule has 0 saturated heterocycles. The summed E-state index contributed by atoms with van der Waals surface area (Å²) in [5.41, 5.74) is 8.82. The molecule has 5 nitrogen and oxygen atoms in total. The summed E-state index contributed by atoms with van der Waals surface area (Å²) in [5, 5.41) is 2.75. The maximum Gasteiger partial charge on any atom is 0.243 e. The van der Waals surface area contributed by atoms with Crippen molar-refractivity contribution in [3.63, 3.8) is 0 Å². The van der Waals surface area contributed by atoms with Gasteiger partial charge in [0.15, 0.2) is 0 Å². The summed E-state index contributed by atoms with van der Waals surface area (Å²) in [6.07, 6.45) is 0. The number of hydrogen-bond acceptors (Lipinski definition) is 3. The van der Waals surface area contributed by atoms with Crippen LogP contribution in [-0.4, -0.2) is 22.9 Å². The molecule has 1 unspecified atom stereocenters. The van der Waals surface area contributed by atoms with Crippen LogP contribution in [0.3, 0.4) is 0 Å². The van der Waals surface area contributed by atoms with Gasteiger partial charge in [-0.1, -0.05) is 13.8 Å². The lowest BCUT2D eigenvalue weighted by Crippen LogP contribution is -2.64. The van der Waals surface area contributed by atoms with Gasteiger partial charge in [-0.3, -0.25) is 9.59 Å². The van der Waals surface area contributed by atoms with Crippen LogP contribution in [0.1, 0.15) is 48.5 Å². The van der Waals surface area contributed by atoms with Crippen molar-refractivity contribution < 1.29 is 9.59 Å². The van der Waals surface area contributed by atoms with E-state index in [1.807, 2.05) is 13.8 Å². The number of amides is 2. The third kappa shape index (κ3) is 3.02. The molecular formula is C13H27N3O2. The van der Waals surface area contributed by atoms with Gasteiger partial charge in [-0.15, -0.1) is 0 Å². The molecule has 0 radical (unpaired) electrons. The molecule has 0 saturated carbocycles. The van der Waals surface area contributed by atoms with E-state index in [0.717, 1.165) is 0 Å². The van der Waals surface area contributed by atoms with Crippen LogP contribution in [0.15, 0.2) is 0 Å². The standard InChI is InChI=1S/C13H27N3O2/c1-8(2)13(7,9(14)17)16-10(18)11(3,4)12(5,6)15/h8H,15H2,1-7H3,(H2,14,17)(H,16,18). The van der Waals surface area contributed by atoms with Crippen LogP contribution in [0, 0.1) is 11.3 Å². The zero-order chi connectivity index (χ0) is 14.9. The molecule has 0 spiro atoms. The first-order valence-electron chi connectivity index (χ1n) is 6.18. The van der Waals surface area contributed by atoms with Crippen molar-refractivity contribution in [3.8, 4) is 0 Å². The Kier molecular flexibility index (Phi) is 4.58. The van der Waals surface area contributed by atoms with E-state index < -0.39 is 22.4 Å². The van der Waals surface area contributed by atoms with Gasteiger partial charge in [0, 0.05) is 5.54 Å². The monoisotopic (exact) mass is 257 g/mol. The summed E-state index contributed by atoms with van der Waals surface area (Å²) < 4.78 is 0. The van der Waals surface area contributed by atoms with Gasteiger partial charge < -0.3 is 16.8 Å². The smallest absolute Gasteiger partial charge is 0.243 e.